The van der Waals surface area contributed by atoms with Crippen LogP contribution in [0.15, 0.2) is 85.2 Å². The molecular weight excluding hydrogens is 564 g/mol. The van der Waals surface area contributed by atoms with E-state index in [0.717, 1.165) is 22.3 Å². The van der Waals surface area contributed by atoms with E-state index in [1.54, 1.807) is 10.9 Å². The molecule has 1 aliphatic rings. The molecule has 2 aromatic heterocycles. The molecule has 1 saturated carbocycles. The first-order valence-electron chi connectivity index (χ1n) is 13.9. The fourth-order valence-corrected chi connectivity index (χ4v) is 5.62. The van der Waals surface area contributed by atoms with Crippen molar-refractivity contribution in [2.45, 2.75) is 31.2 Å². The van der Waals surface area contributed by atoms with Crippen LogP contribution in [-0.4, -0.2) is 54.9 Å². The van der Waals surface area contributed by atoms with E-state index in [-0.39, 0.29) is 18.2 Å². The van der Waals surface area contributed by atoms with Crippen LogP contribution in [0.2, 0.25) is 5.02 Å². The van der Waals surface area contributed by atoms with Gasteiger partial charge in [-0.05, 0) is 53.3 Å². The molecule has 3 aromatic carbocycles. The summed E-state index contributed by atoms with van der Waals surface area (Å²) in [5.74, 6) is 5.84. The molecule has 0 radical (unpaired) electrons. The van der Waals surface area contributed by atoms with E-state index in [2.05, 4.69) is 44.6 Å². The Kier molecular flexibility index (Phi) is 8.07. The number of fused-ring (bicyclic) bond motifs is 1. The van der Waals surface area contributed by atoms with Gasteiger partial charge in [0.15, 0.2) is 17.0 Å². The van der Waals surface area contributed by atoms with E-state index in [0.29, 0.717) is 28.5 Å². The number of hydrogen-bond acceptors (Lipinski definition) is 7. The third kappa shape index (κ3) is 5.94. The summed E-state index contributed by atoms with van der Waals surface area (Å²) < 4.78 is 1.69. The molecule has 6 rings (SSSR count). The van der Waals surface area contributed by atoms with Gasteiger partial charge in [0.25, 0.3) is 0 Å². The van der Waals surface area contributed by atoms with Gasteiger partial charge in [0.1, 0.15) is 6.10 Å². The second-order valence-corrected chi connectivity index (χ2v) is 10.8. The summed E-state index contributed by atoms with van der Waals surface area (Å²) in [6.07, 6.45) is -0.633. The first kappa shape index (κ1) is 28.4. The number of rotatable bonds is 6. The highest BCUT2D eigenvalue weighted by atomic mass is 35.5. The topological polar surface area (TPSA) is 125 Å². The van der Waals surface area contributed by atoms with Crippen LogP contribution in [-0.2, 0) is 11.3 Å². The third-order valence-electron chi connectivity index (χ3n) is 7.67. The van der Waals surface area contributed by atoms with Crippen LogP contribution in [0, 0.1) is 17.8 Å². The van der Waals surface area contributed by atoms with Crippen molar-refractivity contribution in [3.63, 3.8) is 0 Å². The number of nitrogens with one attached hydrogen (secondary N) is 2. The Balaban J connectivity index is 1.36. The molecule has 9 nitrogen and oxygen atoms in total. The number of imidazole rings is 1. The average Bonchev–Trinajstić information content (AvgIpc) is 3.59. The summed E-state index contributed by atoms with van der Waals surface area (Å²) >= 11 is 6.18. The molecule has 0 aliphatic heterocycles. The Morgan fingerprint density at radius 2 is 1.74 bits per heavy atom. The van der Waals surface area contributed by atoms with Crippen molar-refractivity contribution in [2.75, 3.05) is 12.4 Å². The minimum Gasteiger partial charge on any atom is -0.390 e. The Labute approximate surface area is 253 Å². The zero-order chi connectivity index (χ0) is 29.9. The minimum atomic E-state index is -1.22. The molecule has 4 atom stereocenters. The van der Waals surface area contributed by atoms with E-state index in [4.69, 9.17) is 16.6 Å². The molecule has 43 heavy (non-hydrogen) atoms. The number of anilines is 1. The Morgan fingerprint density at radius 3 is 2.49 bits per heavy atom. The number of hydrogen-bond donors (Lipinski definition) is 4. The maximum absolute atomic E-state index is 12.4. The van der Waals surface area contributed by atoms with Gasteiger partial charge in [-0.1, -0.05) is 72.1 Å². The second-order valence-electron chi connectivity index (χ2n) is 10.4. The van der Waals surface area contributed by atoms with Crippen molar-refractivity contribution in [1.29, 1.82) is 0 Å². The van der Waals surface area contributed by atoms with E-state index in [1.165, 1.54) is 7.05 Å². The van der Waals surface area contributed by atoms with Crippen LogP contribution in [0.4, 0.5) is 5.82 Å². The molecule has 10 heteroatoms. The van der Waals surface area contributed by atoms with E-state index < -0.39 is 24.2 Å². The van der Waals surface area contributed by atoms with E-state index in [9.17, 15) is 15.0 Å². The predicted molar refractivity (Wildman–Crippen MR) is 165 cm³/mol. The number of aromatic nitrogens is 4. The van der Waals surface area contributed by atoms with Gasteiger partial charge in [-0.15, -0.1) is 0 Å². The fraction of sp³-hybridized carbons (Fsp3) is 0.212. The number of carbonyl (C=O) groups excluding carboxylic acids is 1. The number of aliphatic hydroxyl groups is 2. The lowest BCUT2D eigenvalue weighted by atomic mass is 10.0. The number of nitrogens with zero attached hydrogens (tertiary/aromatic N) is 4. The SMILES string of the molecule is CNC(=O)C1CC(n2cnc3c(NCc4cccc(Cl)c4)nc(C#Cc4ccc(-c5ccccc5)cc4)nc32)C(O)C1O. The van der Waals surface area contributed by atoms with Gasteiger partial charge in [-0.2, -0.15) is 0 Å². The average molecular weight is 593 g/mol. The van der Waals surface area contributed by atoms with Gasteiger partial charge in [-0.25, -0.2) is 15.0 Å². The summed E-state index contributed by atoms with van der Waals surface area (Å²) in [7, 11) is 1.51. The molecule has 4 unspecified atom stereocenters. The van der Waals surface area contributed by atoms with Crippen molar-refractivity contribution < 1.29 is 15.0 Å². The normalized spacial score (nSPS) is 19.5. The van der Waals surface area contributed by atoms with Crippen LogP contribution < -0.4 is 10.6 Å². The standard InChI is InChI=1S/C33H29ClN6O3/c1-35-33(43)25-17-26(30(42)29(25)41)40-19-37-28-31(36-18-21-6-5-9-24(34)16-21)38-27(39-32(28)40)15-12-20-10-13-23(14-11-20)22-7-3-2-4-8-22/h2-11,13-14,16,19,25-26,29-30,41-42H,17-18H2,1H3,(H,35,43)(H,36,38,39). The highest BCUT2D eigenvalue weighted by Crippen LogP contribution is 2.37. The van der Waals surface area contributed by atoms with Crippen molar-refractivity contribution in [3.05, 3.63) is 107 Å². The Morgan fingerprint density at radius 1 is 0.977 bits per heavy atom. The smallest absolute Gasteiger partial charge is 0.225 e. The van der Waals surface area contributed by atoms with Crippen LogP contribution in [0.25, 0.3) is 22.3 Å². The van der Waals surface area contributed by atoms with Crippen molar-refractivity contribution in [2.24, 2.45) is 5.92 Å². The Bertz CT molecular complexity index is 1830. The van der Waals surface area contributed by atoms with E-state index >= 15 is 0 Å². The summed E-state index contributed by atoms with van der Waals surface area (Å²) in [5, 5.41) is 28.0. The zero-order valence-electron chi connectivity index (χ0n) is 23.3. The molecule has 0 bridgehead atoms. The molecule has 216 valence electrons. The van der Waals surface area contributed by atoms with Crippen LogP contribution in [0.3, 0.4) is 0 Å². The summed E-state index contributed by atoms with van der Waals surface area (Å²) in [6, 6.07) is 24.9. The number of carbonyl (C=O) groups is 1. The number of benzene rings is 3. The third-order valence-corrected chi connectivity index (χ3v) is 7.91. The van der Waals surface area contributed by atoms with Crippen LogP contribution in [0.5, 0.6) is 0 Å². The first-order chi connectivity index (χ1) is 20.9. The van der Waals surface area contributed by atoms with Gasteiger partial charge in [-0.3, -0.25) is 4.79 Å². The van der Waals surface area contributed by atoms with Crippen molar-refractivity contribution in [1.82, 2.24) is 24.8 Å². The lowest BCUT2D eigenvalue weighted by Gasteiger charge is -2.18. The molecule has 0 spiro atoms. The maximum atomic E-state index is 12.4. The number of amides is 1. The van der Waals surface area contributed by atoms with Crippen LogP contribution >= 0.6 is 11.6 Å². The molecule has 0 saturated heterocycles. The quantitative estimate of drug-likeness (QED) is 0.218. The summed E-state index contributed by atoms with van der Waals surface area (Å²) in [5.41, 5.74) is 4.87. The molecule has 1 amide bonds. The minimum absolute atomic E-state index is 0.220. The van der Waals surface area contributed by atoms with Gasteiger partial charge in [0.2, 0.25) is 11.7 Å². The van der Waals surface area contributed by atoms with Crippen molar-refractivity contribution in [3.8, 4) is 23.0 Å². The Hall–Kier alpha value is -4.75. The lowest BCUT2D eigenvalue weighted by molar-refractivity contribution is -0.128. The molecule has 4 N–H and O–H groups in total. The van der Waals surface area contributed by atoms with Gasteiger partial charge >= 0.3 is 0 Å². The first-order valence-corrected chi connectivity index (χ1v) is 14.3. The lowest BCUT2D eigenvalue weighted by Crippen LogP contribution is -2.36. The van der Waals surface area contributed by atoms with Crippen molar-refractivity contribution >= 4 is 34.5 Å². The predicted octanol–water partition coefficient (Wildman–Crippen LogP) is 4.19. The molecule has 5 aromatic rings. The summed E-state index contributed by atoms with van der Waals surface area (Å²) in [4.78, 5) is 26.3. The highest BCUT2D eigenvalue weighted by Gasteiger charge is 2.46. The number of aliphatic hydroxyl groups excluding tert-OH is 2. The fourth-order valence-electron chi connectivity index (χ4n) is 5.41. The highest BCUT2D eigenvalue weighted by molar-refractivity contribution is 6.30. The van der Waals surface area contributed by atoms with Gasteiger partial charge in [0, 0.05) is 24.2 Å². The second kappa shape index (κ2) is 12.2. The monoisotopic (exact) mass is 592 g/mol. The van der Waals surface area contributed by atoms with Gasteiger partial charge in [0.05, 0.1) is 24.4 Å². The van der Waals surface area contributed by atoms with Crippen LogP contribution in [0.1, 0.15) is 29.4 Å². The van der Waals surface area contributed by atoms with E-state index in [1.807, 2.05) is 66.7 Å². The molecule has 1 aliphatic carbocycles. The number of halogens is 1. The van der Waals surface area contributed by atoms with Gasteiger partial charge < -0.3 is 25.4 Å². The molecular formula is C33H29ClN6O3. The molecule has 1 fully saturated rings. The maximum Gasteiger partial charge on any atom is 0.225 e. The largest absolute Gasteiger partial charge is 0.390 e. The summed E-state index contributed by atoms with van der Waals surface area (Å²) in [6.45, 7) is 0.427. The molecule has 2 heterocycles. The zero-order valence-corrected chi connectivity index (χ0v) is 24.0.